The zero-order chi connectivity index (χ0) is 10.1. The van der Waals surface area contributed by atoms with Crippen LogP contribution in [0.15, 0.2) is 12.4 Å². The SMILES string of the molecule is Nc1nc(N)n2ccn(OCCO)c12. The number of aliphatic hydroxyl groups is 1. The highest BCUT2D eigenvalue weighted by Crippen LogP contribution is 2.16. The second kappa shape index (κ2) is 3.11. The molecule has 0 fully saturated rings. The number of nitrogens with two attached hydrogens (primary N) is 2. The minimum atomic E-state index is -0.0616. The topological polar surface area (TPSA) is 104 Å². The predicted octanol–water partition coefficient (Wildman–Crippen LogP) is -1.28. The molecule has 5 N–H and O–H groups in total. The first-order valence-electron chi connectivity index (χ1n) is 4.08. The highest BCUT2D eigenvalue weighted by Gasteiger charge is 2.10. The minimum absolute atomic E-state index is 0.0616. The van der Waals surface area contributed by atoms with E-state index in [1.807, 2.05) is 0 Å². The Hall–Kier alpha value is -1.89. The van der Waals surface area contributed by atoms with Gasteiger partial charge in [0.15, 0.2) is 11.5 Å². The van der Waals surface area contributed by atoms with Crippen LogP contribution in [0.1, 0.15) is 0 Å². The van der Waals surface area contributed by atoms with Crippen LogP contribution in [-0.2, 0) is 0 Å². The molecule has 0 atom stereocenters. The summed E-state index contributed by atoms with van der Waals surface area (Å²) in [5.74, 6) is 0.606. The van der Waals surface area contributed by atoms with E-state index in [0.29, 0.717) is 17.4 Å². The van der Waals surface area contributed by atoms with Crippen LogP contribution in [0.4, 0.5) is 11.8 Å². The highest BCUT2D eigenvalue weighted by atomic mass is 16.7. The largest absolute Gasteiger partial charge is 0.410 e. The Labute approximate surface area is 79.5 Å². The highest BCUT2D eigenvalue weighted by molar-refractivity contribution is 5.65. The molecule has 0 aromatic carbocycles. The van der Waals surface area contributed by atoms with Gasteiger partial charge in [-0.1, -0.05) is 0 Å². The average molecular weight is 197 g/mol. The van der Waals surface area contributed by atoms with E-state index >= 15 is 0 Å². The number of imidazole rings is 2. The Morgan fingerprint density at radius 3 is 2.93 bits per heavy atom. The molecule has 0 aliphatic heterocycles. The fraction of sp³-hybridized carbons (Fsp3) is 0.286. The van der Waals surface area contributed by atoms with Gasteiger partial charge in [0.1, 0.15) is 6.61 Å². The second-order valence-corrected chi connectivity index (χ2v) is 2.73. The van der Waals surface area contributed by atoms with Gasteiger partial charge in [-0.15, -0.1) is 0 Å². The summed E-state index contributed by atoms with van der Waals surface area (Å²) in [6, 6.07) is 0. The maximum atomic E-state index is 8.59. The number of hydrogen-bond donors (Lipinski definition) is 3. The van der Waals surface area contributed by atoms with Gasteiger partial charge in [-0.05, 0) is 0 Å². The minimum Gasteiger partial charge on any atom is -0.410 e. The smallest absolute Gasteiger partial charge is 0.208 e. The Balaban J connectivity index is 2.45. The average Bonchev–Trinajstić information content (AvgIpc) is 2.67. The molecular weight excluding hydrogens is 186 g/mol. The van der Waals surface area contributed by atoms with Crippen molar-refractivity contribution in [3.05, 3.63) is 12.4 Å². The molecule has 0 aliphatic rings. The van der Waals surface area contributed by atoms with Crippen molar-refractivity contribution in [2.24, 2.45) is 0 Å². The number of aliphatic hydroxyl groups excluding tert-OH is 1. The molecule has 0 unspecified atom stereocenters. The number of nitrogen functional groups attached to an aromatic ring is 2. The standard InChI is InChI=1S/C7H11N5O2/c8-5-6-11(7(9)10-5)1-2-12(6)14-4-3-13/h1-2,13H,3-4,8H2,(H2,9,10). The van der Waals surface area contributed by atoms with Crippen LogP contribution in [-0.4, -0.2) is 32.4 Å². The van der Waals surface area contributed by atoms with Crippen molar-refractivity contribution in [1.82, 2.24) is 14.1 Å². The Morgan fingerprint density at radius 2 is 2.21 bits per heavy atom. The zero-order valence-electron chi connectivity index (χ0n) is 7.42. The molecule has 2 aromatic rings. The maximum absolute atomic E-state index is 8.59. The van der Waals surface area contributed by atoms with E-state index in [1.165, 1.54) is 4.73 Å². The van der Waals surface area contributed by atoms with Crippen molar-refractivity contribution in [3.8, 4) is 0 Å². The van der Waals surface area contributed by atoms with E-state index in [1.54, 1.807) is 16.8 Å². The van der Waals surface area contributed by atoms with Crippen LogP contribution in [0, 0.1) is 0 Å². The van der Waals surface area contributed by atoms with Crippen LogP contribution in [0.3, 0.4) is 0 Å². The molecule has 0 spiro atoms. The van der Waals surface area contributed by atoms with Gasteiger partial charge in [0.25, 0.3) is 0 Å². The number of fused-ring (bicyclic) bond motifs is 1. The van der Waals surface area contributed by atoms with E-state index in [2.05, 4.69) is 4.98 Å². The summed E-state index contributed by atoms with van der Waals surface area (Å²) < 4.78 is 3.03. The second-order valence-electron chi connectivity index (χ2n) is 2.73. The van der Waals surface area contributed by atoms with Gasteiger partial charge in [0.05, 0.1) is 12.8 Å². The van der Waals surface area contributed by atoms with Crippen molar-refractivity contribution in [3.63, 3.8) is 0 Å². The maximum Gasteiger partial charge on any atom is 0.208 e. The fourth-order valence-electron chi connectivity index (χ4n) is 1.27. The first-order chi connectivity index (χ1) is 6.74. The van der Waals surface area contributed by atoms with E-state index in [9.17, 15) is 0 Å². The Bertz CT molecular complexity index is 446. The fourth-order valence-corrected chi connectivity index (χ4v) is 1.27. The lowest BCUT2D eigenvalue weighted by Crippen LogP contribution is -2.14. The number of aromatic nitrogens is 3. The van der Waals surface area contributed by atoms with E-state index in [-0.39, 0.29) is 13.2 Å². The number of anilines is 2. The number of hydrogen-bond acceptors (Lipinski definition) is 5. The van der Waals surface area contributed by atoms with Crippen molar-refractivity contribution >= 4 is 17.4 Å². The Morgan fingerprint density at radius 1 is 1.43 bits per heavy atom. The molecule has 0 aliphatic carbocycles. The van der Waals surface area contributed by atoms with Gasteiger partial charge in [0.2, 0.25) is 5.95 Å². The summed E-state index contributed by atoms with van der Waals surface area (Å²) in [5, 5.41) is 8.59. The van der Waals surface area contributed by atoms with Gasteiger partial charge in [-0.2, -0.15) is 9.71 Å². The van der Waals surface area contributed by atoms with Gasteiger partial charge in [0, 0.05) is 6.20 Å². The third-order valence-electron chi connectivity index (χ3n) is 1.82. The molecule has 14 heavy (non-hydrogen) atoms. The molecule has 0 bridgehead atoms. The van der Waals surface area contributed by atoms with E-state index < -0.39 is 0 Å². The predicted molar refractivity (Wildman–Crippen MR) is 50.5 cm³/mol. The molecule has 0 amide bonds. The first-order valence-corrected chi connectivity index (χ1v) is 4.08. The Kier molecular flexibility index (Phi) is 1.93. The van der Waals surface area contributed by atoms with Crippen molar-refractivity contribution in [2.75, 3.05) is 24.7 Å². The molecule has 2 heterocycles. The van der Waals surface area contributed by atoms with Gasteiger partial charge in [-0.25, -0.2) is 0 Å². The summed E-state index contributed by atoms with van der Waals surface area (Å²) in [6.45, 7) is 0.128. The van der Waals surface area contributed by atoms with Crippen molar-refractivity contribution < 1.29 is 9.94 Å². The summed E-state index contributed by atoms with van der Waals surface area (Å²) in [7, 11) is 0. The summed E-state index contributed by atoms with van der Waals surface area (Å²) in [4.78, 5) is 9.05. The molecule has 76 valence electrons. The van der Waals surface area contributed by atoms with Gasteiger partial charge in [-0.3, -0.25) is 4.40 Å². The van der Waals surface area contributed by atoms with Crippen LogP contribution in [0.2, 0.25) is 0 Å². The molecule has 7 heteroatoms. The zero-order valence-corrected chi connectivity index (χ0v) is 7.42. The normalized spacial score (nSPS) is 10.9. The number of nitrogens with zero attached hydrogens (tertiary/aromatic N) is 3. The molecule has 0 radical (unpaired) electrons. The third kappa shape index (κ3) is 1.14. The summed E-state index contributed by atoms with van der Waals surface area (Å²) >= 11 is 0. The van der Waals surface area contributed by atoms with Crippen LogP contribution in [0.5, 0.6) is 0 Å². The molecular formula is C7H11N5O2. The molecule has 2 aromatic heterocycles. The lowest BCUT2D eigenvalue weighted by Gasteiger charge is -2.04. The van der Waals surface area contributed by atoms with Crippen molar-refractivity contribution in [2.45, 2.75) is 0 Å². The van der Waals surface area contributed by atoms with E-state index in [0.717, 1.165) is 0 Å². The van der Waals surface area contributed by atoms with E-state index in [4.69, 9.17) is 21.4 Å². The quantitative estimate of drug-likeness (QED) is 0.568. The lowest BCUT2D eigenvalue weighted by atomic mass is 10.7. The third-order valence-corrected chi connectivity index (χ3v) is 1.82. The lowest BCUT2D eigenvalue weighted by molar-refractivity contribution is 0.0827. The van der Waals surface area contributed by atoms with Gasteiger partial charge < -0.3 is 21.4 Å². The van der Waals surface area contributed by atoms with Crippen LogP contribution in [0.25, 0.3) is 5.65 Å². The summed E-state index contributed by atoms with van der Waals surface area (Å²) in [6.07, 6.45) is 3.34. The first kappa shape index (κ1) is 8.70. The molecule has 0 saturated carbocycles. The molecule has 0 saturated heterocycles. The van der Waals surface area contributed by atoms with Crippen LogP contribution < -0.4 is 16.3 Å². The van der Waals surface area contributed by atoms with Crippen LogP contribution >= 0.6 is 0 Å². The molecule has 2 rings (SSSR count). The van der Waals surface area contributed by atoms with Gasteiger partial charge >= 0.3 is 0 Å². The van der Waals surface area contributed by atoms with Crippen molar-refractivity contribution in [1.29, 1.82) is 0 Å². The monoisotopic (exact) mass is 197 g/mol. The number of rotatable bonds is 3. The molecule has 7 nitrogen and oxygen atoms in total. The summed E-state index contributed by atoms with van der Waals surface area (Å²) in [5.41, 5.74) is 11.8.